The van der Waals surface area contributed by atoms with Crippen molar-refractivity contribution in [3.8, 4) is 0 Å². The Morgan fingerprint density at radius 1 is 1.19 bits per heavy atom. The highest BCUT2D eigenvalue weighted by molar-refractivity contribution is 9.10. The van der Waals surface area contributed by atoms with E-state index in [1.54, 1.807) is 0 Å². The predicted molar refractivity (Wildman–Crippen MR) is 109 cm³/mol. The van der Waals surface area contributed by atoms with E-state index in [0.717, 1.165) is 42.4 Å². The van der Waals surface area contributed by atoms with Crippen molar-refractivity contribution in [2.24, 2.45) is 17.6 Å². The molecule has 3 rings (SSSR count). The van der Waals surface area contributed by atoms with Gasteiger partial charge in [-0.25, -0.2) is 4.98 Å². The third-order valence-corrected chi connectivity index (χ3v) is 5.45. The van der Waals surface area contributed by atoms with Crippen LogP contribution in [0.4, 0.5) is 23.1 Å². The molecule has 9 heteroatoms. The minimum atomic E-state index is -0.461. The molecular formula is C18H23BrN6O2. The van der Waals surface area contributed by atoms with Gasteiger partial charge in [-0.2, -0.15) is 4.98 Å². The summed E-state index contributed by atoms with van der Waals surface area (Å²) in [5.74, 6) is 1.65. The minimum absolute atomic E-state index is 0.119. The first-order valence-electron chi connectivity index (χ1n) is 9.03. The molecule has 1 aromatic carbocycles. The Labute approximate surface area is 166 Å². The molecule has 1 aromatic heterocycles. The standard InChI is InChI=1S/C18H23BrN6O2/c19-14-5-7-15(8-6-14)23-18-22-11-16(25(26)27)17(24-18)21-10-13-3-1-12(9-20)2-4-13/h5-8,11-13H,1-4,9-10,20H2,(H2,21,22,23,24). The maximum atomic E-state index is 11.3. The van der Waals surface area contributed by atoms with E-state index in [-0.39, 0.29) is 11.5 Å². The van der Waals surface area contributed by atoms with Crippen LogP contribution in [0.15, 0.2) is 34.9 Å². The number of nitrogens with zero attached hydrogens (tertiary/aromatic N) is 3. The van der Waals surface area contributed by atoms with E-state index in [2.05, 4.69) is 36.5 Å². The van der Waals surface area contributed by atoms with Crippen molar-refractivity contribution in [2.45, 2.75) is 25.7 Å². The van der Waals surface area contributed by atoms with Crippen LogP contribution in [0.1, 0.15) is 25.7 Å². The third-order valence-electron chi connectivity index (χ3n) is 4.92. The zero-order chi connectivity index (χ0) is 19.2. The molecular weight excluding hydrogens is 412 g/mol. The van der Waals surface area contributed by atoms with Crippen molar-refractivity contribution in [3.63, 3.8) is 0 Å². The summed E-state index contributed by atoms with van der Waals surface area (Å²) in [6.45, 7) is 1.40. The van der Waals surface area contributed by atoms with Gasteiger partial charge in [0.25, 0.3) is 0 Å². The highest BCUT2D eigenvalue weighted by Crippen LogP contribution is 2.30. The zero-order valence-electron chi connectivity index (χ0n) is 14.9. The molecule has 0 amide bonds. The van der Waals surface area contributed by atoms with E-state index in [1.165, 1.54) is 6.20 Å². The molecule has 1 heterocycles. The Morgan fingerprint density at radius 2 is 1.85 bits per heavy atom. The van der Waals surface area contributed by atoms with Gasteiger partial charge >= 0.3 is 5.69 Å². The third kappa shape index (κ3) is 5.36. The van der Waals surface area contributed by atoms with Crippen LogP contribution in [0, 0.1) is 22.0 Å². The second kappa shape index (κ2) is 9.09. The lowest BCUT2D eigenvalue weighted by molar-refractivity contribution is -0.384. The minimum Gasteiger partial charge on any atom is -0.364 e. The summed E-state index contributed by atoms with van der Waals surface area (Å²) in [6, 6.07) is 7.53. The highest BCUT2D eigenvalue weighted by Gasteiger charge is 2.22. The smallest absolute Gasteiger partial charge is 0.329 e. The van der Waals surface area contributed by atoms with Crippen molar-refractivity contribution in [1.82, 2.24) is 9.97 Å². The number of nitrogens with two attached hydrogens (primary N) is 1. The number of halogens is 1. The number of hydrogen-bond donors (Lipinski definition) is 3. The lowest BCUT2D eigenvalue weighted by atomic mass is 9.82. The first kappa shape index (κ1) is 19.5. The van der Waals surface area contributed by atoms with E-state index >= 15 is 0 Å². The lowest BCUT2D eigenvalue weighted by Gasteiger charge is -2.27. The number of aromatic nitrogens is 2. The van der Waals surface area contributed by atoms with Gasteiger partial charge in [0.05, 0.1) is 4.92 Å². The van der Waals surface area contributed by atoms with Gasteiger partial charge in [-0.1, -0.05) is 15.9 Å². The Morgan fingerprint density at radius 3 is 2.48 bits per heavy atom. The lowest BCUT2D eigenvalue weighted by Crippen LogP contribution is -2.25. The van der Waals surface area contributed by atoms with Crippen molar-refractivity contribution in [2.75, 3.05) is 23.7 Å². The monoisotopic (exact) mass is 434 g/mol. The first-order valence-corrected chi connectivity index (χ1v) is 9.82. The summed E-state index contributed by atoms with van der Waals surface area (Å²) in [5, 5.41) is 17.5. The van der Waals surface area contributed by atoms with Crippen molar-refractivity contribution < 1.29 is 4.92 Å². The van der Waals surface area contributed by atoms with Crippen molar-refractivity contribution in [1.29, 1.82) is 0 Å². The van der Waals surface area contributed by atoms with E-state index < -0.39 is 4.92 Å². The molecule has 1 aliphatic rings. The maximum absolute atomic E-state index is 11.3. The molecule has 2 aromatic rings. The molecule has 1 fully saturated rings. The predicted octanol–water partition coefficient (Wildman–Crippen LogP) is 4.07. The number of nitrogens with one attached hydrogen (secondary N) is 2. The molecule has 1 aliphatic carbocycles. The molecule has 0 spiro atoms. The van der Waals surface area contributed by atoms with Gasteiger partial charge in [-0.3, -0.25) is 10.1 Å². The van der Waals surface area contributed by atoms with Crippen LogP contribution in [0.2, 0.25) is 0 Å². The molecule has 4 N–H and O–H groups in total. The van der Waals surface area contributed by atoms with Gasteiger partial charge in [0.2, 0.25) is 11.8 Å². The molecule has 144 valence electrons. The average molecular weight is 435 g/mol. The van der Waals surface area contributed by atoms with Crippen molar-refractivity contribution >= 4 is 39.1 Å². The number of hydrogen-bond acceptors (Lipinski definition) is 7. The van der Waals surface area contributed by atoms with E-state index in [9.17, 15) is 10.1 Å². The molecule has 1 saturated carbocycles. The second-order valence-electron chi connectivity index (χ2n) is 6.82. The summed E-state index contributed by atoms with van der Waals surface area (Å²) in [4.78, 5) is 19.2. The highest BCUT2D eigenvalue weighted by atomic mass is 79.9. The first-order chi connectivity index (χ1) is 13.0. The van der Waals surface area contributed by atoms with E-state index in [0.29, 0.717) is 24.3 Å². The van der Waals surface area contributed by atoms with E-state index in [1.807, 2.05) is 24.3 Å². The second-order valence-corrected chi connectivity index (χ2v) is 7.74. The molecule has 0 unspecified atom stereocenters. The molecule has 8 nitrogen and oxygen atoms in total. The van der Waals surface area contributed by atoms with Crippen LogP contribution in [-0.2, 0) is 0 Å². The molecule has 0 atom stereocenters. The Balaban J connectivity index is 1.68. The maximum Gasteiger partial charge on any atom is 0.329 e. The van der Waals surface area contributed by atoms with Crippen LogP contribution in [0.5, 0.6) is 0 Å². The Hall–Kier alpha value is -2.26. The average Bonchev–Trinajstić information content (AvgIpc) is 2.68. The topological polar surface area (TPSA) is 119 Å². The SMILES string of the molecule is NCC1CCC(CNc2nc(Nc3ccc(Br)cc3)ncc2[N+](=O)[O-])CC1. The van der Waals surface area contributed by atoms with Crippen LogP contribution < -0.4 is 16.4 Å². The molecule has 0 bridgehead atoms. The number of nitro groups is 1. The van der Waals surface area contributed by atoms with Crippen LogP contribution in [0.3, 0.4) is 0 Å². The fourth-order valence-electron chi connectivity index (χ4n) is 3.27. The number of benzene rings is 1. The molecule has 27 heavy (non-hydrogen) atoms. The van der Waals surface area contributed by atoms with Crippen LogP contribution >= 0.6 is 15.9 Å². The van der Waals surface area contributed by atoms with Gasteiger partial charge in [-0.15, -0.1) is 0 Å². The van der Waals surface area contributed by atoms with Gasteiger partial charge < -0.3 is 16.4 Å². The molecule has 0 saturated heterocycles. The normalized spacial score (nSPS) is 19.5. The largest absolute Gasteiger partial charge is 0.364 e. The summed E-state index contributed by atoms with van der Waals surface area (Å²) >= 11 is 3.38. The van der Waals surface area contributed by atoms with Gasteiger partial charge in [0.15, 0.2) is 0 Å². The van der Waals surface area contributed by atoms with Gasteiger partial charge in [0, 0.05) is 16.7 Å². The van der Waals surface area contributed by atoms with Crippen LogP contribution in [0.25, 0.3) is 0 Å². The zero-order valence-corrected chi connectivity index (χ0v) is 16.5. The summed E-state index contributed by atoms with van der Waals surface area (Å²) < 4.78 is 0.962. The Kier molecular flexibility index (Phi) is 6.57. The van der Waals surface area contributed by atoms with E-state index in [4.69, 9.17) is 5.73 Å². The number of anilines is 3. The Bertz CT molecular complexity index is 778. The number of rotatable bonds is 7. The fraction of sp³-hybridized carbons (Fsp3) is 0.444. The summed E-state index contributed by atoms with van der Waals surface area (Å²) in [7, 11) is 0. The van der Waals surface area contributed by atoms with Gasteiger partial charge in [-0.05, 0) is 68.3 Å². The quantitative estimate of drug-likeness (QED) is 0.443. The molecule has 0 aliphatic heterocycles. The molecule has 0 radical (unpaired) electrons. The summed E-state index contributed by atoms with van der Waals surface area (Å²) in [5.41, 5.74) is 6.42. The summed E-state index contributed by atoms with van der Waals surface area (Å²) in [6.07, 6.45) is 5.63. The van der Waals surface area contributed by atoms with Gasteiger partial charge in [0.1, 0.15) is 6.20 Å². The van der Waals surface area contributed by atoms with Crippen molar-refractivity contribution in [3.05, 3.63) is 45.0 Å². The fourth-order valence-corrected chi connectivity index (χ4v) is 3.54. The van der Waals surface area contributed by atoms with Crippen LogP contribution in [-0.4, -0.2) is 28.0 Å².